The third-order valence-electron chi connectivity index (χ3n) is 3.28. The van der Waals surface area contributed by atoms with E-state index in [2.05, 4.69) is 34.1 Å². The quantitative estimate of drug-likeness (QED) is 0.693. The molecule has 1 aliphatic heterocycles. The Morgan fingerprint density at radius 3 is 2.79 bits per heavy atom. The SMILES string of the molecule is c1ccc2c(c1)NNN2c1cnc2ccccc2c1. The van der Waals surface area contributed by atoms with Gasteiger partial charge in [0, 0.05) is 5.39 Å². The Morgan fingerprint density at radius 2 is 1.79 bits per heavy atom. The molecule has 4 rings (SSSR count). The van der Waals surface area contributed by atoms with E-state index in [-0.39, 0.29) is 0 Å². The largest absolute Gasteiger partial charge is 0.301 e. The second-order valence-corrected chi connectivity index (χ2v) is 4.48. The molecule has 2 N–H and O–H groups in total. The molecule has 92 valence electrons. The van der Waals surface area contributed by atoms with Crippen LogP contribution in [-0.2, 0) is 0 Å². The van der Waals surface area contributed by atoms with E-state index in [1.165, 1.54) is 0 Å². The van der Waals surface area contributed by atoms with Crippen molar-refractivity contribution in [3.05, 3.63) is 60.8 Å². The molecule has 0 amide bonds. The van der Waals surface area contributed by atoms with Gasteiger partial charge in [0.1, 0.15) is 0 Å². The molecule has 0 aliphatic carbocycles. The third-order valence-corrected chi connectivity index (χ3v) is 3.28. The van der Waals surface area contributed by atoms with Gasteiger partial charge in [-0.05, 0) is 24.3 Å². The zero-order chi connectivity index (χ0) is 12.7. The van der Waals surface area contributed by atoms with Crippen LogP contribution in [0.3, 0.4) is 0 Å². The Kier molecular flexibility index (Phi) is 2.16. The van der Waals surface area contributed by atoms with Crippen LogP contribution in [0.5, 0.6) is 0 Å². The summed E-state index contributed by atoms with van der Waals surface area (Å²) < 4.78 is 0. The Hall–Kier alpha value is -2.59. The van der Waals surface area contributed by atoms with Crippen molar-refractivity contribution in [1.82, 2.24) is 10.5 Å². The van der Waals surface area contributed by atoms with Crippen molar-refractivity contribution in [3.8, 4) is 0 Å². The van der Waals surface area contributed by atoms with Crippen LogP contribution in [-0.4, -0.2) is 4.98 Å². The fraction of sp³-hybridized carbons (Fsp3) is 0. The summed E-state index contributed by atoms with van der Waals surface area (Å²) in [6.45, 7) is 0. The van der Waals surface area contributed by atoms with E-state index in [1.807, 2.05) is 47.6 Å². The lowest BCUT2D eigenvalue weighted by Crippen LogP contribution is -2.31. The van der Waals surface area contributed by atoms with Crippen LogP contribution in [0.1, 0.15) is 0 Å². The summed E-state index contributed by atoms with van der Waals surface area (Å²) in [5.41, 5.74) is 10.5. The van der Waals surface area contributed by atoms with Crippen molar-refractivity contribution in [2.75, 3.05) is 10.4 Å². The third kappa shape index (κ3) is 1.62. The van der Waals surface area contributed by atoms with Gasteiger partial charge in [-0.2, -0.15) is 0 Å². The first-order chi connectivity index (χ1) is 9.42. The van der Waals surface area contributed by atoms with Gasteiger partial charge in [-0.3, -0.25) is 9.99 Å². The number of nitrogens with zero attached hydrogens (tertiary/aromatic N) is 2. The van der Waals surface area contributed by atoms with Crippen LogP contribution in [0.4, 0.5) is 17.1 Å². The van der Waals surface area contributed by atoms with Gasteiger partial charge >= 0.3 is 0 Å². The molecular weight excluding hydrogens is 236 g/mol. The zero-order valence-electron chi connectivity index (χ0n) is 10.2. The van der Waals surface area contributed by atoms with E-state index >= 15 is 0 Å². The molecule has 2 aromatic carbocycles. The molecule has 0 unspecified atom stereocenters. The summed E-state index contributed by atoms with van der Waals surface area (Å²) in [6, 6.07) is 18.4. The summed E-state index contributed by atoms with van der Waals surface area (Å²) in [6.07, 6.45) is 1.87. The monoisotopic (exact) mass is 248 g/mol. The molecule has 0 spiro atoms. The van der Waals surface area contributed by atoms with Crippen molar-refractivity contribution in [3.63, 3.8) is 0 Å². The van der Waals surface area contributed by atoms with E-state index < -0.39 is 0 Å². The summed E-state index contributed by atoms with van der Waals surface area (Å²) in [7, 11) is 0. The maximum Gasteiger partial charge on any atom is 0.0841 e. The maximum atomic E-state index is 4.49. The second kappa shape index (κ2) is 3.96. The Labute approximate surface area is 110 Å². The summed E-state index contributed by atoms with van der Waals surface area (Å²) in [5.74, 6) is 0. The number of anilines is 3. The Morgan fingerprint density at radius 1 is 0.947 bits per heavy atom. The van der Waals surface area contributed by atoms with Crippen LogP contribution in [0, 0.1) is 0 Å². The lowest BCUT2D eigenvalue weighted by atomic mass is 10.2. The fourth-order valence-corrected chi connectivity index (χ4v) is 2.34. The predicted octanol–water partition coefficient (Wildman–Crippen LogP) is 3.22. The fourth-order valence-electron chi connectivity index (χ4n) is 2.34. The van der Waals surface area contributed by atoms with Gasteiger partial charge in [0.15, 0.2) is 0 Å². The first-order valence-corrected chi connectivity index (χ1v) is 6.17. The molecule has 4 heteroatoms. The minimum Gasteiger partial charge on any atom is -0.301 e. The number of pyridine rings is 1. The van der Waals surface area contributed by atoms with Crippen LogP contribution in [0.2, 0.25) is 0 Å². The molecule has 1 aromatic heterocycles. The smallest absolute Gasteiger partial charge is 0.0841 e. The minimum absolute atomic E-state index is 1.01. The number of para-hydroxylation sites is 3. The predicted molar refractivity (Wildman–Crippen MR) is 77.1 cm³/mol. The van der Waals surface area contributed by atoms with E-state index in [1.54, 1.807) is 0 Å². The molecule has 0 saturated heterocycles. The molecule has 4 nitrogen and oxygen atoms in total. The standard InChI is InChI=1S/C15H12N4/c1-2-6-13-11(5-1)9-12(10-16-13)19-15-8-4-3-7-14(15)17-18-19/h1-10,17-18H. The molecule has 0 bridgehead atoms. The molecule has 3 aromatic rings. The van der Waals surface area contributed by atoms with Gasteiger partial charge in [0.05, 0.1) is 28.8 Å². The van der Waals surface area contributed by atoms with Crippen LogP contribution in [0.15, 0.2) is 60.8 Å². The van der Waals surface area contributed by atoms with E-state index in [0.717, 1.165) is 28.0 Å². The number of hydrogen-bond acceptors (Lipinski definition) is 4. The molecule has 0 fully saturated rings. The van der Waals surface area contributed by atoms with Gasteiger partial charge in [-0.15, -0.1) is 5.53 Å². The van der Waals surface area contributed by atoms with Gasteiger partial charge in [-0.25, -0.2) is 0 Å². The highest BCUT2D eigenvalue weighted by Gasteiger charge is 2.19. The van der Waals surface area contributed by atoms with Crippen molar-refractivity contribution >= 4 is 28.0 Å². The molecule has 2 heterocycles. The average Bonchev–Trinajstić information content (AvgIpc) is 2.91. The molecule has 1 aliphatic rings. The number of benzene rings is 2. The van der Waals surface area contributed by atoms with Gasteiger partial charge in [0.25, 0.3) is 0 Å². The molecule has 0 radical (unpaired) electrons. The van der Waals surface area contributed by atoms with Crippen molar-refractivity contribution in [2.45, 2.75) is 0 Å². The van der Waals surface area contributed by atoms with Gasteiger partial charge in [-0.1, -0.05) is 30.3 Å². The number of rotatable bonds is 1. The molecule has 19 heavy (non-hydrogen) atoms. The first-order valence-electron chi connectivity index (χ1n) is 6.17. The van der Waals surface area contributed by atoms with Crippen LogP contribution < -0.4 is 16.0 Å². The van der Waals surface area contributed by atoms with Crippen molar-refractivity contribution < 1.29 is 0 Å². The number of fused-ring (bicyclic) bond motifs is 2. The highest BCUT2D eigenvalue weighted by molar-refractivity contribution is 5.85. The normalized spacial score (nSPS) is 13.4. The van der Waals surface area contributed by atoms with Gasteiger partial charge < -0.3 is 5.43 Å². The molecule has 0 saturated carbocycles. The lowest BCUT2D eigenvalue weighted by Gasteiger charge is -2.17. The zero-order valence-corrected chi connectivity index (χ0v) is 10.2. The van der Waals surface area contributed by atoms with E-state index in [9.17, 15) is 0 Å². The van der Waals surface area contributed by atoms with Crippen molar-refractivity contribution in [2.24, 2.45) is 0 Å². The first kappa shape index (κ1) is 10.3. The average molecular weight is 248 g/mol. The number of aromatic nitrogens is 1. The topological polar surface area (TPSA) is 40.2 Å². The maximum absolute atomic E-state index is 4.49. The minimum atomic E-state index is 1.01. The summed E-state index contributed by atoms with van der Waals surface area (Å²) >= 11 is 0. The number of hydrogen-bond donors (Lipinski definition) is 2. The van der Waals surface area contributed by atoms with E-state index in [0.29, 0.717) is 0 Å². The lowest BCUT2D eigenvalue weighted by molar-refractivity contribution is 0.862. The number of hydrazine groups is 2. The number of nitrogens with one attached hydrogen (secondary N) is 2. The highest BCUT2D eigenvalue weighted by Crippen LogP contribution is 2.34. The molecule has 0 atom stereocenters. The Balaban J connectivity index is 1.83. The second-order valence-electron chi connectivity index (χ2n) is 4.48. The summed E-state index contributed by atoms with van der Waals surface area (Å²) in [5, 5.41) is 3.13. The highest BCUT2D eigenvalue weighted by atomic mass is 15.7. The van der Waals surface area contributed by atoms with Crippen LogP contribution >= 0.6 is 0 Å². The van der Waals surface area contributed by atoms with Crippen molar-refractivity contribution in [1.29, 1.82) is 0 Å². The van der Waals surface area contributed by atoms with Crippen LogP contribution in [0.25, 0.3) is 10.9 Å². The molecular formula is C15H12N4. The Bertz CT molecular complexity index is 754. The summed E-state index contributed by atoms with van der Waals surface area (Å²) in [4.78, 5) is 4.49. The van der Waals surface area contributed by atoms with E-state index in [4.69, 9.17) is 0 Å². The van der Waals surface area contributed by atoms with Gasteiger partial charge in [0.2, 0.25) is 0 Å².